The maximum Gasteiger partial charge on any atom is 0.338 e. The second kappa shape index (κ2) is 8.62. The molecular formula is C17H19ClN2O5. The summed E-state index contributed by atoms with van der Waals surface area (Å²) in [6.07, 6.45) is 5.95. The monoisotopic (exact) mass is 366 g/mol. The van der Waals surface area contributed by atoms with Crippen LogP contribution < -0.4 is 0 Å². The SMILES string of the molecule is CCN(C(=O)COC(=O)c1ccc(Cl)c([N+](=O)[O-])c1)C1=CCCCC1. The molecule has 7 nitrogen and oxygen atoms in total. The van der Waals surface area contributed by atoms with Gasteiger partial charge in [0.15, 0.2) is 6.61 Å². The van der Waals surface area contributed by atoms with Crippen molar-refractivity contribution in [3.8, 4) is 0 Å². The van der Waals surface area contributed by atoms with E-state index < -0.39 is 17.5 Å². The second-order valence-electron chi connectivity index (χ2n) is 5.58. The van der Waals surface area contributed by atoms with Crippen LogP contribution in [0.25, 0.3) is 0 Å². The molecule has 0 spiro atoms. The fourth-order valence-electron chi connectivity index (χ4n) is 2.67. The first kappa shape index (κ1) is 18.9. The lowest BCUT2D eigenvalue weighted by Crippen LogP contribution is -2.34. The first-order valence-corrected chi connectivity index (χ1v) is 8.42. The number of carbonyl (C=O) groups is 2. The van der Waals surface area contributed by atoms with Crippen molar-refractivity contribution in [2.24, 2.45) is 0 Å². The highest BCUT2D eigenvalue weighted by Gasteiger charge is 2.21. The standard InChI is InChI=1S/C17H19ClN2O5/c1-2-19(13-6-4-3-5-7-13)16(21)11-25-17(22)12-8-9-14(18)15(10-12)20(23)24/h6,8-10H,2-5,7,11H2,1H3. The minimum Gasteiger partial charge on any atom is -0.452 e. The van der Waals surface area contributed by atoms with Gasteiger partial charge in [-0.25, -0.2) is 4.79 Å². The molecule has 1 amide bonds. The number of allylic oxidation sites excluding steroid dienone is 2. The van der Waals surface area contributed by atoms with Gasteiger partial charge in [-0.05, 0) is 44.7 Å². The molecule has 8 heteroatoms. The molecule has 0 fully saturated rings. The molecular weight excluding hydrogens is 348 g/mol. The van der Waals surface area contributed by atoms with Gasteiger partial charge in [0.25, 0.3) is 11.6 Å². The molecule has 0 radical (unpaired) electrons. The predicted octanol–water partition coefficient (Wildman–Crippen LogP) is 3.71. The Morgan fingerprint density at radius 2 is 2.12 bits per heavy atom. The summed E-state index contributed by atoms with van der Waals surface area (Å²) in [4.78, 5) is 36.2. The summed E-state index contributed by atoms with van der Waals surface area (Å²) >= 11 is 5.71. The number of amides is 1. The van der Waals surface area contributed by atoms with Crippen LogP contribution in [0, 0.1) is 10.1 Å². The van der Waals surface area contributed by atoms with Crippen LogP contribution in [0.4, 0.5) is 5.69 Å². The number of ether oxygens (including phenoxy) is 1. The molecule has 0 aliphatic heterocycles. The fraction of sp³-hybridized carbons (Fsp3) is 0.412. The lowest BCUT2D eigenvalue weighted by molar-refractivity contribution is -0.384. The van der Waals surface area contributed by atoms with Gasteiger partial charge in [-0.1, -0.05) is 17.7 Å². The number of hydrogen-bond donors (Lipinski definition) is 0. The minimum absolute atomic E-state index is 0.0242. The van der Waals surface area contributed by atoms with Crippen molar-refractivity contribution in [2.75, 3.05) is 13.2 Å². The third kappa shape index (κ3) is 4.79. The van der Waals surface area contributed by atoms with E-state index in [4.69, 9.17) is 16.3 Å². The fourth-order valence-corrected chi connectivity index (χ4v) is 2.86. The molecule has 0 aromatic heterocycles. The van der Waals surface area contributed by atoms with E-state index in [9.17, 15) is 19.7 Å². The van der Waals surface area contributed by atoms with E-state index in [2.05, 4.69) is 0 Å². The zero-order valence-electron chi connectivity index (χ0n) is 13.9. The normalized spacial score (nSPS) is 13.8. The molecule has 0 unspecified atom stereocenters. The highest BCUT2D eigenvalue weighted by Crippen LogP contribution is 2.25. The predicted molar refractivity (Wildman–Crippen MR) is 92.3 cm³/mol. The third-order valence-electron chi connectivity index (χ3n) is 3.94. The van der Waals surface area contributed by atoms with Gasteiger partial charge in [0.2, 0.25) is 0 Å². The first-order chi connectivity index (χ1) is 11.9. The quantitative estimate of drug-likeness (QED) is 0.435. The van der Waals surface area contributed by atoms with Gasteiger partial charge in [-0.2, -0.15) is 0 Å². The molecule has 0 bridgehead atoms. The van der Waals surface area contributed by atoms with E-state index in [0.717, 1.165) is 37.4 Å². The van der Waals surface area contributed by atoms with Gasteiger partial charge in [-0.3, -0.25) is 14.9 Å². The minimum atomic E-state index is -0.804. The maximum atomic E-state index is 12.3. The number of nitro benzene ring substituents is 1. The Labute approximate surface area is 150 Å². The van der Waals surface area contributed by atoms with E-state index in [0.29, 0.717) is 6.54 Å². The third-order valence-corrected chi connectivity index (χ3v) is 4.26. The lowest BCUT2D eigenvalue weighted by atomic mass is 10.0. The van der Waals surface area contributed by atoms with Gasteiger partial charge >= 0.3 is 5.97 Å². The van der Waals surface area contributed by atoms with Crippen molar-refractivity contribution in [3.63, 3.8) is 0 Å². The molecule has 0 saturated heterocycles. The molecule has 0 saturated carbocycles. The van der Waals surface area contributed by atoms with Crippen LogP contribution in [-0.2, 0) is 9.53 Å². The Morgan fingerprint density at radius 3 is 2.72 bits per heavy atom. The van der Waals surface area contributed by atoms with Crippen LogP contribution in [0.5, 0.6) is 0 Å². The molecule has 0 atom stereocenters. The second-order valence-corrected chi connectivity index (χ2v) is 5.99. The zero-order chi connectivity index (χ0) is 18.4. The van der Waals surface area contributed by atoms with E-state index in [-0.39, 0.29) is 22.2 Å². The largest absolute Gasteiger partial charge is 0.452 e. The van der Waals surface area contributed by atoms with Crippen molar-refractivity contribution in [1.29, 1.82) is 0 Å². The maximum absolute atomic E-state index is 12.3. The van der Waals surface area contributed by atoms with Crippen molar-refractivity contribution in [3.05, 3.63) is 50.7 Å². The van der Waals surface area contributed by atoms with Crippen LogP contribution in [0.2, 0.25) is 5.02 Å². The van der Waals surface area contributed by atoms with Gasteiger partial charge in [0, 0.05) is 18.3 Å². The Morgan fingerprint density at radius 1 is 1.36 bits per heavy atom. The number of halogens is 1. The average molecular weight is 367 g/mol. The number of nitrogens with zero attached hydrogens (tertiary/aromatic N) is 2. The number of carbonyl (C=O) groups excluding carboxylic acids is 2. The zero-order valence-corrected chi connectivity index (χ0v) is 14.6. The summed E-state index contributed by atoms with van der Waals surface area (Å²) in [5.74, 6) is -1.12. The van der Waals surface area contributed by atoms with Gasteiger partial charge in [0.05, 0.1) is 10.5 Å². The highest BCUT2D eigenvalue weighted by atomic mass is 35.5. The summed E-state index contributed by atoms with van der Waals surface area (Å²) < 4.78 is 5.02. The van der Waals surface area contributed by atoms with Crippen LogP contribution in [0.15, 0.2) is 30.0 Å². The number of rotatable bonds is 6. The molecule has 0 N–H and O–H groups in total. The number of hydrogen-bond acceptors (Lipinski definition) is 5. The molecule has 0 heterocycles. The molecule has 1 aromatic carbocycles. The molecule has 25 heavy (non-hydrogen) atoms. The smallest absolute Gasteiger partial charge is 0.338 e. The van der Waals surface area contributed by atoms with E-state index in [1.165, 1.54) is 12.1 Å². The number of likely N-dealkylation sites (N-methyl/N-ethyl adjacent to an activating group) is 1. The van der Waals surface area contributed by atoms with Crippen molar-refractivity contribution in [2.45, 2.75) is 32.6 Å². The van der Waals surface area contributed by atoms with Crippen molar-refractivity contribution in [1.82, 2.24) is 4.90 Å². The van der Waals surface area contributed by atoms with Crippen LogP contribution >= 0.6 is 11.6 Å². The topological polar surface area (TPSA) is 89.8 Å². The highest BCUT2D eigenvalue weighted by molar-refractivity contribution is 6.32. The average Bonchev–Trinajstić information content (AvgIpc) is 2.61. The van der Waals surface area contributed by atoms with Gasteiger partial charge in [-0.15, -0.1) is 0 Å². The molecule has 2 rings (SSSR count). The summed E-state index contributed by atoms with van der Waals surface area (Å²) in [5.41, 5.74) is 0.547. The van der Waals surface area contributed by atoms with Gasteiger partial charge < -0.3 is 9.64 Å². The van der Waals surface area contributed by atoms with Crippen LogP contribution in [-0.4, -0.2) is 34.9 Å². The van der Waals surface area contributed by atoms with E-state index >= 15 is 0 Å². The Kier molecular flexibility index (Phi) is 6.52. The number of nitro groups is 1. The lowest BCUT2D eigenvalue weighted by Gasteiger charge is -2.26. The van der Waals surface area contributed by atoms with E-state index in [1.807, 2.05) is 13.0 Å². The van der Waals surface area contributed by atoms with Crippen LogP contribution in [0.1, 0.15) is 43.0 Å². The van der Waals surface area contributed by atoms with Crippen molar-refractivity contribution < 1.29 is 19.2 Å². The molecule has 134 valence electrons. The summed E-state index contributed by atoms with van der Waals surface area (Å²) in [6.45, 7) is 1.94. The molecule has 1 aliphatic carbocycles. The summed E-state index contributed by atoms with van der Waals surface area (Å²) in [6, 6.07) is 3.61. The molecule has 1 aliphatic rings. The Hall–Kier alpha value is -2.41. The number of esters is 1. The van der Waals surface area contributed by atoms with E-state index in [1.54, 1.807) is 4.90 Å². The molecule has 1 aromatic rings. The van der Waals surface area contributed by atoms with Crippen molar-refractivity contribution >= 4 is 29.2 Å². The summed E-state index contributed by atoms with van der Waals surface area (Å²) in [5, 5.41) is 10.8. The van der Waals surface area contributed by atoms with Gasteiger partial charge in [0.1, 0.15) is 5.02 Å². The first-order valence-electron chi connectivity index (χ1n) is 8.04. The number of benzene rings is 1. The van der Waals surface area contributed by atoms with Crippen LogP contribution in [0.3, 0.4) is 0 Å². The summed E-state index contributed by atoms with van der Waals surface area (Å²) in [7, 11) is 0. The Balaban J connectivity index is 2.01. The Bertz CT molecular complexity index is 717.